The molecule has 2 rings (SSSR count). The van der Waals surface area contributed by atoms with Crippen molar-refractivity contribution in [2.24, 2.45) is 0 Å². The highest BCUT2D eigenvalue weighted by Gasteiger charge is 2.22. The molecule has 0 aliphatic carbocycles. The van der Waals surface area contributed by atoms with Crippen molar-refractivity contribution in [2.75, 3.05) is 33.3 Å². The molecule has 0 spiro atoms. The summed E-state index contributed by atoms with van der Waals surface area (Å²) in [5.74, 6) is 0. The largest absolute Gasteiger partial charge is 0.377 e. The van der Waals surface area contributed by atoms with E-state index in [9.17, 15) is 0 Å². The van der Waals surface area contributed by atoms with Crippen molar-refractivity contribution in [3.63, 3.8) is 0 Å². The smallest absolute Gasteiger partial charge is 0.0702 e. The van der Waals surface area contributed by atoms with Crippen LogP contribution in [0.1, 0.15) is 36.9 Å². The number of hydrogen-bond acceptors (Lipinski definition) is 3. The maximum absolute atomic E-state index is 5.79. The minimum absolute atomic E-state index is 0.399. The van der Waals surface area contributed by atoms with Crippen molar-refractivity contribution >= 4 is 0 Å². The van der Waals surface area contributed by atoms with Gasteiger partial charge in [-0.25, -0.2) is 0 Å². The average molecular weight is 276 g/mol. The average Bonchev–Trinajstić information content (AvgIpc) is 2.47. The fourth-order valence-corrected chi connectivity index (χ4v) is 2.97. The predicted molar refractivity (Wildman–Crippen MR) is 84.1 cm³/mol. The zero-order valence-electron chi connectivity index (χ0n) is 13.1. The molecule has 0 saturated carbocycles. The van der Waals surface area contributed by atoms with Crippen LogP contribution in [0, 0.1) is 6.92 Å². The molecule has 1 fully saturated rings. The van der Waals surface area contributed by atoms with Crippen molar-refractivity contribution in [3.8, 4) is 0 Å². The lowest BCUT2D eigenvalue weighted by Crippen LogP contribution is -2.43. The molecule has 112 valence electrons. The third kappa shape index (κ3) is 4.30. The van der Waals surface area contributed by atoms with Crippen molar-refractivity contribution in [2.45, 2.75) is 38.8 Å². The van der Waals surface area contributed by atoms with Gasteiger partial charge in [0, 0.05) is 25.7 Å². The van der Waals surface area contributed by atoms with E-state index < -0.39 is 0 Å². The lowest BCUT2D eigenvalue weighted by Gasteiger charge is -2.34. The number of nitrogens with zero attached hydrogens (tertiary/aromatic N) is 1. The van der Waals surface area contributed by atoms with Gasteiger partial charge in [0.2, 0.25) is 0 Å². The monoisotopic (exact) mass is 276 g/mol. The summed E-state index contributed by atoms with van der Waals surface area (Å²) in [4.78, 5) is 2.53. The van der Waals surface area contributed by atoms with Crippen LogP contribution in [-0.2, 0) is 4.74 Å². The van der Waals surface area contributed by atoms with Crippen LogP contribution in [0.15, 0.2) is 24.3 Å². The zero-order chi connectivity index (χ0) is 14.4. The molecule has 1 aromatic carbocycles. The molecule has 1 aromatic rings. The summed E-state index contributed by atoms with van der Waals surface area (Å²) in [6.07, 6.45) is 2.87. The van der Waals surface area contributed by atoms with Gasteiger partial charge in [-0.15, -0.1) is 0 Å². The fourth-order valence-electron chi connectivity index (χ4n) is 2.97. The molecule has 1 heterocycles. The first kappa shape index (κ1) is 15.5. The van der Waals surface area contributed by atoms with Crippen molar-refractivity contribution in [3.05, 3.63) is 35.4 Å². The molecule has 3 nitrogen and oxygen atoms in total. The van der Waals surface area contributed by atoms with Crippen LogP contribution in [0.5, 0.6) is 0 Å². The minimum atomic E-state index is 0.399. The lowest BCUT2D eigenvalue weighted by molar-refractivity contribution is 0.00368. The number of hydrogen-bond donors (Lipinski definition) is 1. The van der Waals surface area contributed by atoms with Gasteiger partial charge in [-0.3, -0.25) is 4.90 Å². The summed E-state index contributed by atoms with van der Waals surface area (Å²) in [6, 6.07) is 9.26. The Morgan fingerprint density at radius 2 is 2.10 bits per heavy atom. The first-order valence-corrected chi connectivity index (χ1v) is 7.80. The summed E-state index contributed by atoms with van der Waals surface area (Å²) in [6.45, 7) is 8.36. The standard InChI is InChI=1S/C17H28N2O/c1-4-20-16-6-5-11-19(12-16)13-17(18-3)15-9-7-14(2)8-10-15/h7-10,16-18H,4-6,11-13H2,1-3H3. The highest BCUT2D eigenvalue weighted by atomic mass is 16.5. The molecular weight excluding hydrogens is 248 g/mol. The molecule has 0 radical (unpaired) electrons. The summed E-state index contributed by atoms with van der Waals surface area (Å²) < 4.78 is 5.79. The van der Waals surface area contributed by atoms with Crippen LogP contribution in [0.2, 0.25) is 0 Å². The quantitative estimate of drug-likeness (QED) is 0.864. The molecule has 1 aliphatic heterocycles. The molecule has 20 heavy (non-hydrogen) atoms. The van der Waals surface area contributed by atoms with Crippen molar-refractivity contribution in [1.29, 1.82) is 0 Å². The third-order valence-corrected chi connectivity index (χ3v) is 4.13. The Labute approximate surface area is 123 Å². The SMILES string of the molecule is CCOC1CCCN(CC(NC)c2ccc(C)cc2)C1. The van der Waals surface area contributed by atoms with Crippen LogP contribution in [0.25, 0.3) is 0 Å². The second-order valence-electron chi connectivity index (χ2n) is 5.73. The Kier molecular flexibility index (Phi) is 6.02. The van der Waals surface area contributed by atoms with E-state index >= 15 is 0 Å². The number of piperidine rings is 1. The first-order chi connectivity index (χ1) is 9.72. The maximum Gasteiger partial charge on any atom is 0.0702 e. The van der Waals surface area contributed by atoms with Gasteiger partial charge in [0.15, 0.2) is 0 Å². The van der Waals surface area contributed by atoms with Gasteiger partial charge in [0.25, 0.3) is 0 Å². The van der Waals surface area contributed by atoms with Gasteiger partial charge in [-0.05, 0) is 45.8 Å². The van der Waals surface area contributed by atoms with Crippen molar-refractivity contribution < 1.29 is 4.74 Å². The zero-order valence-corrected chi connectivity index (χ0v) is 13.1. The molecular formula is C17H28N2O. The number of rotatable bonds is 6. The fraction of sp³-hybridized carbons (Fsp3) is 0.647. The van der Waals surface area contributed by atoms with Gasteiger partial charge in [0.05, 0.1) is 6.10 Å². The summed E-state index contributed by atoms with van der Waals surface area (Å²) in [7, 11) is 2.05. The molecule has 2 atom stereocenters. The van der Waals surface area contributed by atoms with Gasteiger partial charge >= 0.3 is 0 Å². The second-order valence-corrected chi connectivity index (χ2v) is 5.73. The molecule has 2 unspecified atom stereocenters. The highest BCUT2D eigenvalue weighted by molar-refractivity contribution is 5.24. The Balaban J connectivity index is 1.93. The molecule has 1 aliphatic rings. The van der Waals surface area contributed by atoms with E-state index in [2.05, 4.69) is 55.4 Å². The summed E-state index contributed by atoms with van der Waals surface area (Å²) in [5.41, 5.74) is 2.69. The molecule has 1 N–H and O–H groups in total. The van der Waals surface area contributed by atoms with Crippen LogP contribution in [-0.4, -0.2) is 44.3 Å². The second kappa shape index (κ2) is 7.77. The molecule has 0 bridgehead atoms. The van der Waals surface area contributed by atoms with Gasteiger partial charge in [0.1, 0.15) is 0 Å². The topological polar surface area (TPSA) is 24.5 Å². The van der Waals surface area contributed by atoms with E-state index in [0.29, 0.717) is 12.1 Å². The van der Waals surface area contributed by atoms with Crippen LogP contribution >= 0.6 is 0 Å². The summed E-state index contributed by atoms with van der Waals surface area (Å²) in [5, 5.41) is 3.45. The minimum Gasteiger partial charge on any atom is -0.377 e. The van der Waals surface area contributed by atoms with Crippen molar-refractivity contribution in [1.82, 2.24) is 10.2 Å². The Morgan fingerprint density at radius 1 is 1.35 bits per heavy atom. The number of aryl methyl sites for hydroxylation is 1. The van der Waals surface area contributed by atoms with E-state index in [0.717, 1.165) is 19.7 Å². The number of likely N-dealkylation sites (tertiary alicyclic amines) is 1. The van der Waals surface area contributed by atoms with Gasteiger partial charge in [-0.1, -0.05) is 29.8 Å². The maximum atomic E-state index is 5.79. The van der Waals surface area contributed by atoms with Crippen LogP contribution in [0.4, 0.5) is 0 Å². The van der Waals surface area contributed by atoms with Gasteiger partial charge in [-0.2, -0.15) is 0 Å². The number of nitrogens with one attached hydrogen (secondary N) is 1. The van der Waals surface area contributed by atoms with Crippen LogP contribution < -0.4 is 5.32 Å². The summed E-state index contributed by atoms with van der Waals surface area (Å²) >= 11 is 0. The Hall–Kier alpha value is -0.900. The van der Waals surface area contributed by atoms with Gasteiger partial charge < -0.3 is 10.1 Å². The van der Waals surface area contributed by atoms with Crippen LogP contribution in [0.3, 0.4) is 0 Å². The molecule has 1 saturated heterocycles. The third-order valence-electron chi connectivity index (χ3n) is 4.13. The van der Waals surface area contributed by atoms with E-state index in [1.165, 1.54) is 30.5 Å². The van der Waals surface area contributed by atoms with E-state index in [-0.39, 0.29) is 0 Å². The lowest BCUT2D eigenvalue weighted by atomic mass is 10.0. The molecule has 0 amide bonds. The van der Waals surface area contributed by atoms with E-state index in [4.69, 9.17) is 4.74 Å². The number of likely N-dealkylation sites (N-methyl/N-ethyl adjacent to an activating group) is 1. The van der Waals surface area contributed by atoms with E-state index in [1.807, 2.05) is 0 Å². The number of benzene rings is 1. The normalized spacial score (nSPS) is 21.9. The first-order valence-electron chi connectivity index (χ1n) is 7.80. The van der Waals surface area contributed by atoms with E-state index in [1.54, 1.807) is 0 Å². The molecule has 0 aromatic heterocycles. The Bertz CT molecular complexity index is 388. The Morgan fingerprint density at radius 3 is 2.75 bits per heavy atom. The molecule has 3 heteroatoms. The number of ether oxygens (including phenoxy) is 1. The predicted octanol–water partition coefficient (Wildman–Crippen LogP) is 2.76. The highest BCUT2D eigenvalue weighted by Crippen LogP contribution is 2.19.